The predicted octanol–water partition coefficient (Wildman–Crippen LogP) is 3.56. The maximum atomic E-state index is 5.96. The molecule has 2 N–H and O–H groups in total. The molecule has 0 aliphatic rings. The maximum Gasteiger partial charge on any atom is 0.140 e. The van der Waals surface area contributed by atoms with Gasteiger partial charge in [-0.15, -0.1) is 11.3 Å². The summed E-state index contributed by atoms with van der Waals surface area (Å²) in [4.78, 5) is 11.9. The molecule has 0 bridgehead atoms. The fraction of sp³-hybridized carbons (Fsp3) is 0.143. The van der Waals surface area contributed by atoms with Crippen LogP contribution in [0.25, 0.3) is 10.9 Å². The molecule has 0 aliphatic carbocycles. The molecule has 0 unspecified atom stereocenters. The predicted molar refractivity (Wildman–Crippen MR) is 85.4 cm³/mol. The second-order valence-corrected chi connectivity index (χ2v) is 6.34. The summed E-state index contributed by atoms with van der Waals surface area (Å²) in [7, 11) is 2.00. The lowest BCUT2D eigenvalue weighted by molar-refractivity contribution is 0.915. The van der Waals surface area contributed by atoms with Crippen molar-refractivity contribution in [2.45, 2.75) is 6.54 Å². The Kier molecular flexibility index (Phi) is 3.46. The van der Waals surface area contributed by atoms with E-state index >= 15 is 0 Å². The summed E-state index contributed by atoms with van der Waals surface area (Å²) in [6.45, 7) is 0.748. The molecule has 3 aromatic rings. The van der Waals surface area contributed by atoms with Gasteiger partial charge in [-0.1, -0.05) is 11.6 Å². The average Bonchev–Trinajstić information content (AvgIpc) is 2.83. The van der Waals surface area contributed by atoms with Crippen LogP contribution in [0.2, 0.25) is 4.34 Å². The zero-order valence-electron chi connectivity index (χ0n) is 10.9. The number of nitrogens with two attached hydrogens (primary N) is 1. The normalized spacial score (nSPS) is 10.9. The van der Waals surface area contributed by atoms with Crippen molar-refractivity contribution in [3.63, 3.8) is 0 Å². The fourth-order valence-corrected chi connectivity index (χ4v) is 3.25. The molecule has 0 amide bonds. The van der Waals surface area contributed by atoms with E-state index in [4.69, 9.17) is 17.3 Å². The van der Waals surface area contributed by atoms with Crippen molar-refractivity contribution in [3.8, 4) is 0 Å². The number of anilines is 2. The van der Waals surface area contributed by atoms with Crippen LogP contribution in [0, 0.1) is 0 Å². The first-order valence-electron chi connectivity index (χ1n) is 6.09. The molecule has 0 radical (unpaired) electrons. The van der Waals surface area contributed by atoms with Crippen molar-refractivity contribution < 1.29 is 0 Å². The van der Waals surface area contributed by atoms with Gasteiger partial charge < -0.3 is 10.6 Å². The molecule has 0 spiro atoms. The molecular formula is C14H13ClN4S. The first-order valence-corrected chi connectivity index (χ1v) is 7.28. The van der Waals surface area contributed by atoms with Crippen LogP contribution in [0.3, 0.4) is 0 Å². The molecule has 0 fully saturated rings. The highest BCUT2D eigenvalue weighted by Gasteiger charge is 2.10. The quantitative estimate of drug-likeness (QED) is 0.752. The number of rotatable bonds is 3. The van der Waals surface area contributed by atoms with Crippen molar-refractivity contribution >= 4 is 45.3 Å². The monoisotopic (exact) mass is 304 g/mol. The third kappa shape index (κ3) is 2.55. The van der Waals surface area contributed by atoms with E-state index in [9.17, 15) is 0 Å². The minimum Gasteiger partial charge on any atom is -0.399 e. The van der Waals surface area contributed by atoms with Crippen LogP contribution in [0.1, 0.15) is 4.88 Å². The third-order valence-electron chi connectivity index (χ3n) is 3.02. The van der Waals surface area contributed by atoms with Gasteiger partial charge in [-0.05, 0) is 30.3 Å². The van der Waals surface area contributed by atoms with Crippen molar-refractivity contribution in [2.24, 2.45) is 0 Å². The van der Waals surface area contributed by atoms with Gasteiger partial charge in [0.15, 0.2) is 0 Å². The largest absolute Gasteiger partial charge is 0.399 e. The lowest BCUT2D eigenvalue weighted by Gasteiger charge is -2.18. The number of hydrogen-bond donors (Lipinski definition) is 1. The molecule has 0 atom stereocenters. The molecule has 2 heterocycles. The van der Waals surface area contributed by atoms with E-state index < -0.39 is 0 Å². The highest BCUT2D eigenvalue weighted by molar-refractivity contribution is 7.16. The molecule has 20 heavy (non-hydrogen) atoms. The highest BCUT2D eigenvalue weighted by Crippen LogP contribution is 2.27. The fourth-order valence-electron chi connectivity index (χ4n) is 2.11. The second-order valence-electron chi connectivity index (χ2n) is 4.54. The van der Waals surface area contributed by atoms with Crippen LogP contribution in [-0.2, 0) is 6.54 Å². The lowest BCUT2D eigenvalue weighted by atomic mass is 10.2. The number of fused-ring (bicyclic) bond motifs is 1. The van der Waals surface area contributed by atoms with E-state index in [-0.39, 0.29) is 0 Å². The van der Waals surface area contributed by atoms with Crippen LogP contribution in [-0.4, -0.2) is 17.0 Å². The van der Waals surface area contributed by atoms with E-state index in [2.05, 4.69) is 14.9 Å². The molecule has 2 aromatic heterocycles. The van der Waals surface area contributed by atoms with Gasteiger partial charge in [0.05, 0.1) is 16.4 Å². The first kappa shape index (κ1) is 13.1. The molecule has 6 heteroatoms. The van der Waals surface area contributed by atoms with Gasteiger partial charge in [0.2, 0.25) is 0 Å². The smallest absolute Gasteiger partial charge is 0.140 e. The topological polar surface area (TPSA) is 55.0 Å². The number of aromatic nitrogens is 2. The van der Waals surface area contributed by atoms with Crippen molar-refractivity contribution in [2.75, 3.05) is 17.7 Å². The molecule has 0 saturated heterocycles. The van der Waals surface area contributed by atoms with E-state index in [0.29, 0.717) is 5.69 Å². The van der Waals surface area contributed by atoms with Crippen LogP contribution in [0.5, 0.6) is 0 Å². The number of halogens is 1. The number of nitrogen functional groups attached to an aromatic ring is 1. The molecule has 0 saturated carbocycles. The average molecular weight is 305 g/mol. The Morgan fingerprint density at radius 2 is 2.10 bits per heavy atom. The van der Waals surface area contributed by atoms with Crippen molar-refractivity contribution in [3.05, 3.63) is 45.9 Å². The summed E-state index contributed by atoms with van der Waals surface area (Å²) >= 11 is 7.54. The number of hydrogen-bond acceptors (Lipinski definition) is 5. The molecular weight excluding hydrogens is 292 g/mol. The molecule has 0 aliphatic heterocycles. The molecule has 1 aromatic carbocycles. The Morgan fingerprint density at radius 3 is 2.85 bits per heavy atom. The van der Waals surface area contributed by atoms with Gasteiger partial charge in [-0.2, -0.15) is 0 Å². The second kappa shape index (κ2) is 5.26. The Morgan fingerprint density at radius 1 is 1.25 bits per heavy atom. The van der Waals surface area contributed by atoms with E-state index in [1.807, 2.05) is 37.4 Å². The zero-order valence-corrected chi connectivity index (χ0v) is 12.4. The van der Waals surface area contributed by atoms with Gasteiger partial charge >= 0.3 is 0 Å². The van der Waals surface area contributed by atoms with Crippen LogP contribution in [0.4, 0.5) is 11.5 Å². The summed E-state index contributed by atoms with van der Waals surface area (Å²) in [6.07, 6.45) is 1.58. The van der Waals surface area contributed by atoms with E-state index in [1.165, 1.54) is 4.88 Å². The zero-order chi connectivity index (χ0) is 14.1. The number of benzene rings is 1. The first-order chi connectivity index (χ1) is 9.63. The Bertz CT molecular complexity index is 756. The summed E-state index contributed by atoms with van der Waals surface area (Å²) < 4.78 is 0.796. The highest BCUT2D eigenvalue weighted by atomic mass is 35.5. The van der Waals surface area contributed by atoms with Crippen LogP contribution < -0.4 is 10.6 Å². The van der Waals surface area contributed by atoms with E-state index in [0.717, 1.165) is 27.6 Å². The minimum atomic E-state index is 0.709. The SMILES string of the molecule is CN(Cc1ccc(Cl)s1)c1ncnc2ccc(N)cc12. The standard InChI is InChI=1S/C14H13ClN4S/c1-19(7-10-3-5-13(15)20-10)14-11-6-9(16)2-4-12(11)17-8-18-14/h2-6,8H,7,16H2,1H3. The van der Waals surface area contributed by atoms with E-state index in [1.54, 1.807) is 17.7 Å². The van der Waals surface area contributed by atoms with Gasteiger partial charge in [-0.3, -0.25) is 0 Å². The van der Waals surface area contributed by atoms with Gasteiger partial charge in [0.25, 0.3) is 0 Å². The molecule has 102 valence electrons. The minimum absolute atomic E-state index is 0.709. The molecule has 3 rings (SSSR count). The molecule has 4 nitrogen and oxygen atoms in total. The summed E-state index contributed by atoms with van der Waals surface area (Å²) in [5.41, 5.74) is 7.46. The summed E-state index contributed by atoms with van der Waals surface area (Å²) in [5.74, 6) is 0.867. The third-order valence-corrected chi connectivity index (χ3v) is 4.24. The van der Waals surface area contributed by atoms with Gasteiger partial charge in [0.1, 0.15) is 12.1 Å². The van der Waals surface area contributed by atoms with Gasteiger partial charge in [0, 0.05) is 23.0 Å². The Labute approximate surface area is 125 Å². The lowest BCUT2D eigenvalue weighted by Crippen LogP contribution is -2.17. The number of nitrogens with zero attached hydrogens (tertiary/aromatic N) is 3. The summed E-state index contributed by atoms with van der Waals surface area (Å²) in [6, 6.07) is 9.60. The van der Waals surface area contributed by atoms with Crippen molar-refractivity contribution in [1.82, 2.24) is 9.97 Å². The Balaban J connectivity index is 1.98. The van der Waals surface area contributed by atoms with Crippen molar-refractivity contribution in [1.29, 1.82) is 0 Å². The van der Waals surface area contributed by atoms with Crippen LogP contribution in [0.15, 0.2) is 36.7 Å². The van der Waals surface area contributed by atoms with Crippen LogP contribution >= 0.6 is 22.9 Å². The Hall–Kier alpha value is -1.85. The summed E-state index contributed by atoms with van der Waals surface area (Å²) in [5, 5.41) is 0.956. The number of thiophene rings is 1. The maximum absolute atomic E-state index is 5.96. The van der Waals surface area contributed by atoms with Gasteiger partial charge in [-0.25, -0.2) is 9.97 Å².